The van der Waals surface area contributed by atoms with E-state index in [0.717, 1.165) is 42.6 Å². The quantitative estimate of drug-likeness (QED) is 0.608. The SMILES string of the molecule is CCOc1ccccc1C(=O)N1CCc2cc3nccc(N4CCN5CCC[C@H]5C4)c3cc21. The maximum Gasteiger partial charge on any atom is 0.262 e. The third-order valence-corrected chi connectivity index (χ3v) is 7.40. The number of ether oxygens (including phenoxy) is 1. The Kier molecular flexibility index (Phi) is 5.18. The molecule has 33 heavy (non-hydrogen) atoms. The number of benzene rings is 2. The Bertz CT molecular complexity index is 1210. The van der Waals surface area contributed by atoms with Crippen LogP contribution in [-0.2, 0) is 6.42 Å². The van der Waals surface area contributed by atoms with Crippen LogP contribution in [0.4, 0.5) is 11.4 Å². The number of carbonyl (C=O) groups excluding carboxylic acids is 1. The summed E-state index contributed by atoms with van der Waals surface area (Å²) in [6, 6.07) is 14.7. The fourth-order valence-corrected chi connectivity index (χ4v) is 5.78. The van der Waals surface area contributed by atoms with Crippen molar-refractivity contribution in [1.82, 2.24) is 9.88 Å². The maximum atomic E-state index is 13.6. The Morgan fingerprint density at radius 2 is 2.00 bits per heavy atom. The number of amides is 1. The molecule has 3 aliphatic heterocycles. The molecule has 4 heterocycles. The Morgan fingerprint density at radius 3 is 2.91 bits per heavy atom. The molecule has 2 saturated heterocycles. The molecular formula is C27H30N4O2. The van der Waals surface area contributed by atoms with Crippen molar-refractivity contribution < 1.29 is 9.53 Å². The molecule has 0 unspecified atom stereocenters. The smallest absolute Gasteiger partial charge is 0.262 e. The zero-order valence-electron chi connectivity index (χ0n) is 19.2. The molecule has 0 N–H and O–H groups in total. The average Bonchev–Trinajstić information content (AvgIpc) is 3.48. The lowest BCUT2D eigenvalue weighted by Gasteiger charge is -2.39. The van der Waals surface area contributed by atoms with E-state index in [1.165, 1.54) is 30.6 Å². The zero-order valence-corrected chi connectivity index (χ0v) is 19.2. The standard InChI is InChI=1S/C27H30N4O2/c1-2-33-26-8-4-3-7-21(26)27(32)31-13-10-19-16-23-22(17-25(19)31)24(9-11-28-23)30-15-14-29-12-5-6-20(29)18-30/h3-4,7-9,11,16-17,20H,2,5-6,10,12-15,18H2,1H3/t20-/m0/s1. The van der Waals surface area contributed by atoms with Crippen LogP contribution in [0.25, 0.3) is 10.9 Å². The topological polar surface area (TPSA) is 48.9 Å². The first-order chi connectivity index (χ1) is 16.2. The summed E-state index contributed by atoms with van der Waals surface area (Å²) in [6.07, 6.45) is 5.38. The highest BCUT2D eigenvalue weighted by atomic mass is 16.5. The summed E-state index contributed by atoms with van der Waals surface area (Å²) in [7, 11) is 0. The van der Waals surface area contributed by atoms with Crippen LogP contribution in [0.2, 0.25) is 0 Å². The van der Waals surface area contributed by atoms with Crippen LogP contribution in [0.3, 0.4) is 0 Å². The summed E-state index contributed by atoms with van der Waals surface area (Å²) in [5.41, 5.74) is 5.08. The summed E-state index contributed by atoms with van der Waals surface area (Å²) in [4.78, 5) is 25.3. The largest absolute Gasteiger partial charge is 0.493 e. The van der Waals surface area contributed by atoms with E-state index in [-0.39, 0.29) is 5.91 Å². The molecule has 3 aromatic rings. The first-order valence-electron chi connectivity index (χ1n) is 12.2. The second-order valence-electron chi connectivity index (χ2n) is 9.24. The van der Waals surface area contributed by atoms with Crippen molar-refractivity contribution in [3.63, 3.8) is 0 Å². The molecular weight excluding hydrogens is 412 g/mol. The van der Waals surface area contributed by atoms with E-state index >= 15 is 0 Å². The first kappa shape index (κ1) is 20.5. The Labute approximate surface area is 194 Å². The first-order valence-corrected chi connectivity index (χ1v) is 12.2. The van der Waals surface area contributed by atoms with E-state index in [0.29, 0.717) is 30.5 Å². The van der Waals surface area contributed by atoms with Gasteiger partial charge in [-0.2, -0.15) is 0 Å². The van der Waals surface area contributed by atoms with Gasteiger partial charge in [-0.05, 0) is 68.6 Å². The van der Waals surface area contributed by atoms with Crippen LogP contribution in [0.15, 0.2) is 48.7 Å². The Balaban J connectivity index is 1.37. The van der Waals surface area contributed by atoms with E-state index in [2.05, 4.69) is 33.0 Å². The molecule has 170 valence electrons. The molecule has 0 bridgehead atoms. The van der Waals surface area contributed by atoms with Gasteiger partial charge in [-0.15, -0.1) is 0 Å². The number of pyridine rings is 1. The Hall–Kier alpha value is -3.12. The van der Waals surface area contributed by atoms with Crippen LogP contribution < -0.4 is 14.5 Å². The van der Waals surface area contributed by atoms with Gasteiger partial charge in [0.05, 0.1) is 17.7 Å². The number of piperazine rings is 1. The number of fused-ring (bicyclic) bond motifs is 3. The van der Waals surface area contributed by atoms with Gasteiger partial charge in [0.2, 0.25) is 0 Å². The highest BCUT2D eigenvalue weighted by Crippen LogP contribution is 2.38. The number of hydrogen-bond donors (Lipinski definition) is 0. The summed E-state index contributed by atoms with van der Waals surface area (Å²) in [5.74, 6) is 0.651. The van der Waals surface area contributed by atoms with Crippen molar-refractivity contribution in [2.24, 2.45) is 0 Å². The fourth-order valence-electron chi connectivity index (χ4n) is 5.78. The normalized spacial score (nSPS) is 20.2. The van der Waals surface area contributed by atoms with Gasteiger partial charge in [0, 0.05) is 55.2 Å². The molecule has 2 aromatic carbocycles. The minimum atomic E-state index is 0.00200. The average molecular weight is 443 g/mol. The molecule has 0 radical (unpaired) electrons. The van der Waals surface area contributed by atoms with Crippen molar-refractivity contribution in [1.29, 1.82) is 0 Å². The van der Waals surface area contributed by atoms with Gasteiger partial charge in [0.25, 0.3) is 5.91 Å². The van der Waals surface area contributed by atoms with Gasteiger partial charge in [-0.1, -0.05) is 12.1 Å². The van der Waals surface area contributed by atoms with Gasteiger partial charge < -0.3 is 14.5 Å². The summed E-state index contributed by atoms with van der Waals surface area (Å²) >= 11 is 0. The molecule has 1 amide bonds. The third-order valence-electron chi connectivity index (χ3n) is 7.40. The molecule has 0 spiro atoms. The number of anilines is 2. The highest BCUT2D eigenvalue weighted by molar-refractivity contribution is 6.10. The minimum absolute atomic E-state index is 0.00200. The van der Waals surface area contributed by atoms with E-state index in [1.807, 2.05) is 42.3 Å². The van der Waals surface area contributed by atoms with Gasteiger partial charge in [-0.3, -0.25) is 14.7 Å². The lowest BCUT2D eigenvalue weighted by Crippen LogP contribution is -2.50. The van der Waals surface area contributed by atoms with Crippen LogP contribution in [0, 0.1) is 0 Å². The second kappa shape index (κ2) is 8.34. The molecule has 6 rings (SSSR count). The number of rotatable bonds is 4. The van der Waals surface area contributed by atoms with Crippen LogP contribution in [0.5, 0.6) is 5.75 Å². The summed E-state index contributed by atoms with van der Waals surface area (Å²) in [6.45, 7) is 7.63. The van der Waals surface area contributed by atoms with Crippen molar-refractivity contribution in [3.8, 4) is 5.75 Å². The lowest BCUT2D eigenvalue weighted by atomic mass is 10.0. The fraction of sp³-hybridized carbons (Fsp3) is 0.407. The maximum absolute atomic E-state index is 13.6. The second-order valence-corrected chi connectivity index (χ2v) is 9.24. The molecule has 2 fully saturated rings. The van der Waals surface area contributed by atoms with Gasteiger partial charge in [-0.25, -0.2) is 0 Å². The van der Waals surface area contributed by atoms with E-state index in [4.69, 9.17) is 4.74 Å². The number of carbonyl (C=O) groups is 1. The molecule has 1 atom stereocenters. The van der Waals surface area contributed by atoms with Crippen molar-refractivity contribution >= 4 is 28.2 Å². The number of nitrogens with zero attached hydrogens (tertiary/aromatic N) is 4. The number of para-hydroxylation sites is 1. The van der Waals surface area contributed by atoms with Crippen molar-refractivity contribution in [2.75, 3.05) is 49.1 Å². The zero-order chi connectivity index (χ0) is 22.4. The molecule has 0 aliphatic carbocycles. The molecule has 3 aliphatic rings. The van der Waals surface area contributed by atoms with E-state index < -0.39 is 0 Å². The highest BCUT2D eigenvalue weighted by Gasteiger charge is 2.32. The van der Waals surface area contributed by atoms with Gasteiger partial charge >= 0.3 is 0 Å². The van der Waals surface area contributed by atoms with Gasteiger partial charge in [0.15, 0.2) is 0 Å². The predicted molar refractivity (Wildman–Crippen MR) is 132 cm³/mol. The monoisotopic (exact) mass is 442 g/mol. The van der Waals surface area contributed by atoms with Crippen LogP contribution >= 0.6 is 0 Å². The van der Waals surface area contributed by atoms with E-state index in [9.17, 15) is 4.79 Å². The van der Waals surface area contributed by atoms with E-state index in [1.54, 1.807) is 0 Å². The van der Waals surface area contributed by atoms with Gasteiger partial charge in [0.1, 0.15) is 5.75 Å². The third kappa shape index (κ3) is 3.53. The summed E-state index contributed by atoms with van der Waals surface area (Å²) in [5, 5.41) is 1.14. The Morgan fingerprint density at radius 1 is 1.09 bits per heavy atom. The molecule has 1 aromatic heterocycles. The predicted octanol–water partition coefficient (Wildman–Crippen LogP) is 4.12. The number of hydrogen-bond acceptors (Lipinski definition) is 5. The molecule has 6 heteroatoms. The minimum Gasteiger partial charge on any atom is -0.493 e. The summed E-state index contributed by atoms with van der Waals surface area (Å²) < 4.78 is 5.74. The molecule has 0 saturated carbocycles. The number of aromatic nitrogens is 1. The molecule has 6 nitrogen and oxygen atoms in total. The van der Waals surface area contributed by atoms with Crippen molar-refractivity contribution in [2.45, 2.75) is 32.2 Å². The van der Waals surface area contributed by atoms with Crippen LogP contribution in [-0.4, -0.2) is 61.2 Å². The van der Waals surface area contributed by atoms with Crippen molar-refractivity contribution in [3.05, 3.63) is 59.8 Å². The van der Waals surface area contributed by atoms with Crippen LogP contribution in [0.1, 0.15) is 35.7 Å². The lowest BCUT2D eigenvalue weighted by molar-refractivity contribution is 0.0985.